The highest BCUT2D eigenvalue weighted by Crippen LogP contribution is 2.28. The molecule has 0 unspecified atom stereocenters. The molecule has 3 rings (SSSR count). The topological polar surface area (TPSA) is 69.4 Å². The van der Waals surface area contributed by atoms with E-state index in [0.717, 1.165) is 17.3 Å². The number of esters is 1. The van der Waals surface area contributed by atoms with E-state index < -0.39 is 23.7 Å². The molecule has 1 aliphatic rings. The molecule has 1 aromatic heterocycles. The van der Waals surface area contributed by atoms with Gasteiger partial charge in [0.2, 0.25) is 5.82 Å². The number of likely N-dealkylation sites (tertiary alicyclic amines) is 1. The number of rotatable bonds is 5. The standard InChI is InChI=1S/C18H21F3N4O3/c1-23-16(18(19,20)21)22-25(17(23)27)14-7-9-24(10-8-14)11-15(26)28-12-13-5-3-2-4-6-13/h2-6,14H,7-12H2,1H3. The molecule has 0 radical (unpaired) electrons. The first kappa shape index (κ1) is 20.1. The lowest BCUT2D eigenvalue weighted by Gasteiger charge is -2.30. The molecule has 0 N–H and O–H groups in total. The number of hydrogen-bond donors (Lipinski definition) is 0. The van der Waals surface area contributed by atoms with Crippen LogP contribution in [0.15, 0.2) is 35.1 Å². The molecule has 0 bridgehead atoms. The summed E-state index contributed by atoms with van der Waals surface area (Å²) in [4.78, 5) is 25.9. The Morgan fingerprint density at radius 1 is 1.21 bits per heavy atom. The Hall–Kier alpha value is -2.62. The van der Waals surface area contributed by atoms with Crippen molar-refractivity contribution in [2.45, 2.75) is 31.7 Å². The van der Waals surface area contributed by atoms with E-state index in [9.17, 15) is 22.8 Å². The number of carbonyl (C=O) groups is 1. The SMILES string of the molecule is Cn1c(C(F)(F)F)nn(C2CCN(CC(=O)OCc3ccccc3)CC2)c1=O. The molecule has 0 amide bonds. The number of hydrogen-bond acceptors (Lipinski definition) is 5. The minimum absolute atomic E-state index is 0.102. The second kappa shape index (κ2) is 8.17. The minimum Gasteiger partial charge on any atom is -0.460 e. The molecule has 1 aromatic carbocycles. The molecule has 2 heterocycles. The second-order valence-electron chi connectivity index (χ2n) is 6.76. The third-order valence-electron chi connectivity index (χ3n) is 4.75. The van der Waals surface area contributed by atoms with Crippen LogP contribution in [0.3, 0.4) is 0 Å². The Kier molecular flexibility index (Phi) is 5.87. The monoisotopic (exact) mass is 398 g/mol. The second-order valence-corrected chi connectivity index (χ2v) is 6.76. The molecule has 1 aliphatic heterocycles. The maximum Gasteiger partial charge on any atom is 0.451 e. The maximum absolute atomic E-state index is 12.9. The summed E-state index contributed by atoms with van der Waals surface area (Å²) >= 11 is 0. The van der Waals surface area contributed by atoms with Crippen molar-refractivity contribution in [1.82, 2.24) is 19.2 Å². The molecular formula is C18H21F3N4O3. The number of carbonyl (C=O) groups excluding carboxylic acids is 1. The number of alkyl halides is 3. The lowest BCUT2D eigenvalue weighted by molar-refractivity contribution is -0.148. The van der Waals surface area contributed by atoms with Gasteiger partial charge in [-0.15, -0.1) is 5.10 Å². The van der Waals surface area contributed by atoms with E-state index >= 15 is 0 Å². The average Bonchev–Trinajstić information content (AvgIpc) is 2.97. The summed E-state index contributed by atoms with van der Waals surface area (Å²) in [5.41, 5.74) is 0.109. The van der Waals surface area contributed by atoms with Crippen molar-refractivity contribution in [2.24, 2.45) is 7.05 Å². The zero-order chi connectivity index (χ0) is 20.3. The summed E-state index contributed by atoms with van der Waals surface area (Å²) in [6.07, 6.45) is -3.82. The van der Waals surface area contributed by atoms with Crippen molar-refractivity contribution < 1.29 is 22.7 Å². The Morgan fingerprint density at radius 2 is 1.86 bits per heavy atom. The third-order valence-corrected chi connectivity index (χ3v) is 4.75. The van der Waals surface area contributed by atoms with E-state index in [4.69, 9.17) is 4.74 Å². The first-order valence-electron chi connectivity index (χ1n) is 8.90. The highest BCUT2D eigenvalue weighted by atomic mass is 19.4. The molecule has 1 fully saturated rings. The van der Waals surface area contributed by atoms with E-state index in [0.29, 0.717) is 30.5 Å². The average molecular weight is 398 g/mol. The highest BCUT2D eigenvalue weighted by Gasteiger charge is 2.39. The van der Waals surface area contributed by atoms with Crippen LogP contribution >= 0.6 is 0 Å². The largest absolute Gasteiger partial charge is 0.460 e. The van der Waals surface area contributed by atoms with Crippen LogP contribution in [0.4, 0.5) is 13.2 Å². The fourth-order valence-electron chi connectivity index (χ4n) is 3.23. The van der Waals surface area contributed by atoms with Gasteiger partial charge in [0, 0.05) is 20.1 Å². The van der Waals surface area contributed by atoms with Crippen molar-refractivity contribution in [2.75, 3.05) is 19.6 Å². The minimum atomic E-state index is -4.68. The lowest BCUT2D eigenvalue weighted by Crippen LogP contribution is -2.40. The van der Waals surface area contributed by atoms with E-state index in [1.807, 2.05) is 35.2 Å². The fourth-order valence-corrected chi connectivity index (χ4v) is 3.23. The van der Waals surface area contributed by atoms with Gasteiger partial charge in [-0.25, -0.2) is 9.48 Å². The highest BCUT2D eigenvalue weighted by molar-refractivity contribution is 5.71. The summed E-state index contributed by atoms with van der Waals surface area (Å²) in [7, 11) is 1.06. The van der Waals surface area contributed by atoms with Crippen molar-refractivity contribution in [1.29, 1.82) is 0 Å². The van der Waals surface area contributed by atoms with Gasteiger partial charge in [0.25, 0.3) is 0 Å². The molecule has 2 aromatic rings. The van der Waals surface area contributed by atoms with E-state index in [-0.39, 0.29) is 19.1 Å². The van der Waals surface area contributed by atoms with Gasteiger partial charge in [0.15, 0.2) is 0 Å². The van der Waals surface area contributed by atoms with Gasteiger partial charge in [-0.1, -0.05) is 30.3 Å². The first-order chi connectivity index (χ1) is 13.3. The van der Waals surface area contributed by atoms with Gasteiger partial charge in [-0.05, 0) is 18.4 Å². The number of nitrogens with zero attached hydrogens (tertiary/aromatic N) is 4. The molecule has 1 saturated heterocycles. The van der Waals surface area contributed by atoms with Gasteiger partial charge in [0.05, 0.1) is 12.6 Å². The number of halogens is 3. The molecule has 10 heteroatoms. The van der Waals surface area contributed by atoms with Gasteiger partial charge >= 0.3 is 17.8 Å². The lowest BCUT2D eigenvalue weighted by atomic mass is 10.1. The molecule has 0 saturated carbocycles. The van der Waals surface area contributed by atoms with Crippen LogP contribution in [0.25, 0.3) is 0 Å². The van der Waals surface area contributed by atoms with Gasteiger partial charge in [0.1, 0.15) is 6.61 Å². The van der Waals surface area contributed by atoms with Crippen molar-refractivity contribution in [3.05, 3.63) is 52.2 Å². The summed E-state index contributed by atoms with van der Waals surface area (Å²) in [5.74, 6) is -1.57. The Labute approximate surface area is 159 Å². The molecule has 0 spiro atoms. The van der Waals surface area contributed by atoms with Crippen LogP contribution in [-0.2, 0) is 29.4 Å². The van der Waals surface area contributed by atoms with Crippen molar-refractivity contribution >= 4 is 5.97 Å². The van der Waals surface area contributed by atoms with Crippen LogP contribution in [0, 0.1) is 0 Å². The number of piperidine rings is 1. The first-order valence-corrected chi connectivity index (χ1v) is 8.90. The Bertz CT molecular complexity index is 868. The van der Waals surface area contributed by atoms with E-state index in [1.165, 1.54) is 0 Å². The molecule has 0 atom stereocenters. The third kappa shape index (κ3) is 4.61. The zero-order valence-corrected chi connectivity index (χ0v) is 15.4. The van der Waals surface area contributed by atoms with Gasteiger partial charge < -0.3 is 4.74 Å². The van der Waals surface area contributed by atoms with Crippen molar-refractivity contribution in [3.63, 3.8) is 0 Å². The predicted molar refractivity (Wildman–Crippen MR) is 93.4 cm³/mol. The van der Waals surface area contributed by atoms with Crippen LogP contribution in [0.2, 0.25) is 0 Å². The summed E-state index contributed by atoms with van der Waals surface area (Å²) in [5, 5.41) is 3.49. The molecule has 152 valence electrons. The summed E-state index contributed by atoms with van der Waals surface area (Å²) < 4.78 is 45.4. The molecular weight excluding hydrogens is 377 g/mol. The van der Waals surface area contributed by atoms with Crippen LogP contribution in [-0.4, -0.2) is 44.9 Å². The zero-order valence-electron chi connectivity index (χ0n) is 15.4. The molecule has 7 nitrogen and oxygen atoms in total. The van der Waals surface area contributed by atoms with Crippen LogP contribution in [0.5, 0.6) is 0 Å². The van der Waals surface area contributed by atoms with Crippen molar-refractivity contribution in [3.8, 4) is 0 Å². The maximum atomic E-state index is 12.9. The number of benzene rings is 1. The number of ether oxygens (including phenoxy) is 1. The number of aromatic nitrogens is 3. The predicted octanol–water partition coefficient (Wildman–Crippen LogP) is 1.98. The quantitative estimate of drug-likeness (QED) is 0.721. The Balaban J connectivity index is 1.52. The smallest absolute Gasteiger partial charge is 0.451 e. The fraction of sp³-hybridized carbons (Fsp3) is 0.500. The van der Waals surface area contributed by atoms with E-state index in [2.05, 4.69) is 5.10 Å². The normalized spacial score (nSPS) is 16.3. The van der Waals surface area contributed by atoms with Crippen LogP contribution < -0.4 is 5.69 Å². The summed E-state index contributed by atoms with van der Waals surface area (Å²) in [6, 6.07) is 8.89. The van der Waals surface area contributed by atoms with E-state index in [1.54, 1.807) is 0 Å². The Morgan fingerprint density at radius 3 is 2.43 bits per heavy atom. The summed E-state index contributed by atoms with van der Waals surface area (Å²) in [6.45, 7) is 1.23. The van der Waals surface area contributed by atoms with Crippen LogP contribution in [0.1, 0.15) is 30.3 Å². The molecule has 28 heavy (non-hydrogen) atoms. The molecule has 0 aliphatic carbocycles. The van der Waals surface area contributed by atoms with Gasteiger partial charge in [-0.2, -0.15) is 13.2 Å². The van der Waals surface area contributed by atoms with Gasteiger partial charge in [-0.3, -0.25) is 14.3 Å².